The predicted octanol–water partition coefficient (Wildman–Crippen LogP) is 2.37. The molecule has 0 unspecified atom stereocenters. The van der Waals surface area contributed by atoms with Crippen molar-refractivity contribution >= 4 is 23.4 Å². The first-order valence-electron chi connectivity index (χ1n) is 9.24. The van der Waals surface area contributed by atoms with Crippen LogP contribution in [0.2, 0.25) is 0 Å². The maximum atomic E-state index is 12.4. The molecule has 2 fully saturated rings. The highest BCUT2D eigenvalue weighted by atomic mass is 16.2. The van der Waals surface area contributed by atoms with Gasteiger partial charge in [0.15, 0.2) is 0 Å². The molecule has 4 rings (SSSR count). The van der Waals surface area contributed by atoms with Gasteiger partial charge in [0, 0.05) is 44.4 Å². The first kappa shape index (κ1) is 16.8. The summed E-state index contributed by atoms with van der Waals surface area (Å²) in [6, 6.07) is 5.88. The zero-order valence-corrected chi connectivity index (χ0v) is 15.1. The third-order valence-corrected chi connectivity index (χ3v) is 5.19. The monoisotopic (exact) mass is 352 g/mol. The molecule has 2 aliphatic rings. The van der Waals surface area contributed by atoms with E-state index < -0.39 is 0 Å². The highest BCUT2D eigenvalue weighted by Crippen LogP contribution is 2.29. The van der Waals surface area contributed by atoms with Crippen LogP contribution in [-0.2, 0) is 4.79 Å². The van der Waals surface area contributed by atoms with Crippen molar-refractivity contribution in [2.24, 2.45) is 5.92 Å². The minimum absolute atomic E-state index is 0.276. The van der Waals surface area contributed by atoms with Gasteiger partial charge < -0.3 is 15.1 Å². The zero-order valence-electron chi connectivity index (χ0n) is 15.1. The van der Waals surface area contributed by atoms with Crippen LogP contribution in [0.1, 0.15) is 24.8 Å². The molecule has 1 N–H and O–H groups in total. The molecule has 3 heterocycles. The normalized spacial score (nSPS) is 17.7. The number of hydrogen-bond donors (Lipinski definition) is 1. The number of nitrogens with one attached hydrogen (secondary N) is 1. The first-order chi connectivity index (χ1) is 12.7. The van der Waals surface area contributed by atoms with E-state index in [0.29, 0.717) is 5.91 Å². The molecule has 136 valence electrons. The summed E-state index contributed by atoms with van der Waals surface area (Å²) in [5.74, 6) is 2.99. The molecule has 1 aliphatic heterocycles. The molecular formula is C19H24N6O. The number of carbonyl (C=O) groups is 1. The van der Waals surface area contributed by atoms with E-state index in [-0.39, 0.29) is 5.92 Å². The van der Waals surface area contributed by atoms with Gasteiger partial charge in [0.05, 0.1) is 0 Å². The van der Waals surface area contributed by atoms with Crippen LogP contribution < -0.4 is 10.2 Å². The summed E-state index contributed by atoms with van der Waals surface area (Å²) in [6.07, 6.45) is 6.67. The number of aromatic nitrogens is 3. The molecule has 0 aromatic carbocycles. The van der Waals surface area contributed by atoms with Crippen LogP contribution >= 0.6 is 0 Å². The van der Waals surface area contributed by atoms with Crippen molar-refractivity contribution in [3.8, 4) is 0 Å². The zero-order chi connectivity index (χ0) is 17.9. The molecule has 26 heavy (non-hydrogen) atoms. The second-order valence-corrected chi connectivity index (χ2v) is 7.05. The molecule has 1 saturated heterocycles. The van der Waals surface area contributed by atoms with Gasteiger partial charge in [0.2, 0.25) is 5.91 Å². The van der Waals surface area contributed by atoms with Gasteiger partial charge in [0.1, 0.15) is 23.8 Å². The van der Waals surface area contributed by atoms with Crippen LogP contribution in [0.5, 0.6) is 0 Å². The Labute approximate surface area is 153 Å². The summed E-state index contributed by atoms with van der Waals surface area (Å²) >= 11 is 0. The van der Waals surface area contributed by atoms with Crippen LogP contribution in [0.25, 0.3) is 0 Å². The fourth-order valence-corrected chi connectivity index (χ4v) is 3.39. The maximum absolute atomic E-state index is 12.4. The molecule has 0 spiro atoms. The minimum atomic E-state index is 0.276. The van der Waals surface area contributed by atoms with Gasteiger partial charge in [-0.1, -0.05) is 6.42 Å². The van der Waals surface area contributed by atoms with Crippen molar-refractivity contribution in [1.82, 2.24) is 19.9 Å². The topological polar surface area (TPSA) is 74.2 Å². The number of anilines is 3. The smallest absolute Gasteiger partial charge is 0.225 e. The summed E-state index contributed by atoms with van der Waals surface area (Å²) in [6.45, 7) is 5.17. The summed E-state index contributed by atoms with van der Waals surface area (Å²) in [5, 5.41) is 3.23. The van der Waals surface area contributed by atoms with E-state index >= 15 is 0 Å². The van der Waals surface area contributed by atoms with E-state index in [2.05, 4.69) is 25.2 Å². The van der Waals surface area contributed by atoms with Crippen molar-refractivity contribution in [1.29, 1.82) is 0 Å². The van der Waals surface area contributed by atoms with Crippen molar-refractivity contribution < 1.29 is 4.79 Å². The lowest BCUT2D eigenvalue weighted by atomic mass is 9.84. The molecule has 7 heteroatoms. The largest absolute Gasteiger partial charge is 0.353 e. The number of carbonyl (C=O) groups excluding carboxylic acids is 1. The van der Waals surface area contributed by atoms with Gasteiger partial charge in [-0.05, 0) is 37.5 Å². The molecule has 2 aromatic heterocycles. The van der Waals surface area contributed by atoms with Crippen LogP contribution in [-0.4, -0.2) is 51.9 Å². The van der Waals surface area contributed by atoms with Gasteiger partial charge in [0.25, 0.3) is 0 Å². The van der Waals surface area contributed by atoms with Gasteiger partial charge in [-0.25, -0.2) is 15.0 Å². The molecule has 1 amide bonds. The Kier molecular flexibility index (Phi) is 4.69. The Morgan fingerprint density at radius 2 is 1.85 bits per heavy atom. The van der Waals surface area contributed by atoms with E-state index in [0.717, 1.165) is 62.0 Å². The number of amides is 1. The third-order valence-electron chi connectivity index (χ3n) is 5.19. The van der Waals surface area contributed by atoms with Crippen LogP contribution in [0.15, 0.2) is 30.7 Å². The first-order valence-corrected chi connectivity index (χ1v) is 9.24. The van der Waals surface area contributed by atoms with Crippen LogP contribution in [0.3, 0.4) is 0 Å². The minimum Gasteiger partial charge on any atom is -0.353 e. The number of pyridine rings is 1. The molecule has 2 aromatic rings. The summed E-state index contributed by atoms with van der Waals surface area (Å²) in [7, 11) is 0. The average molecular weight is 352 g/mol. The SMILES string of the molecule is Cc1ccnc(Nc2cc(N3CCN(C(=O)C4CCC4)CC3)ncn2)c1. The molecule has 1 aliphatic carbocycles. The second kappa shape index (κ2) is 7.27. The number of aryl methyl sites for hydroxylation is 1. The Morgan fingerprint density at radius 3 is 2.54 bits per heavy atom. The predicted molar refractivity (Wildman–Crippen MR) is 100 cm³/mol. The van der Waals surface area contributed by atoms with Crippen molar-refractivity contribution in [3.05, 3.63) is 36.3 Å². The maximum Gasteiger partial charge on any atom is 0.225 e. The Balaban J connectivity index is 1.38. The van der Waals surface area contributed by atoms with Crippen molar-refractivity contribution in [2.75, 3.05) is 36.4 Å². The van der Waals surface area contributed by atoms with E-state index in [1.807, 2.05) is 30.0 Å². The molecule has 0 atom stereocenters. The lowest BCUT2D eigenvalue weighted by Crippen LogP contribution is -2.51. The van der Waals surface area contributed by atoms with Gasteiger partial charge in [-0.15, -0.1) is 0 Å². The van der Waals surface area contributed by atoms with Gasteiger partial charge >= 0.3 is 0 Å². The van der Waals surface area contributed by atoms with Gasteiger partial charge in [-0.3, -0.25) is 4.79 Å². The lowest BCUT2D eigenvalue weighted by molar-refractivity contribution is -0.138. The Hall–Kier alpha value is -2.70. The standard InChI is InChI=1S/C19H24N6O/c1-14-5-6-20-16(11-14)23-17-12-18(22-13-21-17)24-7-9-25(10-8-24)19(26)15-3-2-4-15/h5-6,11-13,15H,2-4,7-10H2,1H3,(H,20,21,22,23). The number of nitrogens with zero attached hydrogens (tertiary/aromatic N) is 5. The van der Waals surface area contributed by atoms with E-state index in [4.69, 9.17) is 0 Å². The molecule has 7 nitrogen and oxygen atoms in total. The van der Waals surface area contributed by atoms with E-state index in [1.54, 1.807) is 12.5 Å². The number of hydrogen-bond acceptors (Lipinski definition) is 6. The van der Waals surface area contributed by atoms with Crippen molar-refractivity contribution in [3.63, 3.8) is 0 Å². The Bertz CT molecular complexity index is 783. The highest BCUT2D eigenvalue weighted by Gasteiger charge is 2.31. The average Bonchev–Trinajstić information content (AvgIpc) is 2.61. The van der Waals surface area contributed by atoms with E-state index in [1.165, 1.54) is 6.42 Å². The summed E-state index contributed by atoms with van der Waals surface area (Å²) in [4.78, 5) is 29.6. The quantitative estimate of drug-likeness (QED) is 0.911. The summed E-state index contributed by atoms with van der Waals surface area (Å²) < 4.78 is 0. The highest BCUT2D eigenvalue weighted by molar-refractivity contribution is 5.79. The Morgan fingerprint density at radius 1 is 1.08 bits per heavy atom. The van der Waals surface area contributed by atoms with Crippen LogP contribution in [0.4, 0.5) is 17.5 Å². The van der Waals surface area contributed by atoms with E-state index in [9.17, 15) is 4.79 Å². The fourth-order valence-electron chi connectivity index (χ4n) is 3.39. The molecular weight excluding hydrogens is 328 g/mol. The lowest BCUT2D eigenvalue weighted by Gasteiger charge is -2.38. The molecule has 0 bridgehead atoms. The molecule has 0 radical (unpaired) electrons. The van der Waals surface area contributed by atoms with Gasteiger partial charge in [-0.2, -0.15) is 0 Å². The van der Waals surface area contributed by atoms with Crippen molar-refractivity contribution in [2.45, 2.75) is 26.2 Å². The number of rotatable bonds is 4. The summed E-state index contributed by atoms with van der Waals surface area (Å²) in [5.41, 5.74) is 1.14. The number of piperazine rings is 1. The molecule has 1 saturated carbocycles. The second-order valence-electron chi connectivity index (χ2n) is 7.05. The fraction of sp³-hybridized carbons (Fsp3) is 0.474. The third kappa shape index (κ3) is 3.61. The van der Waals surface area contributed by atoms with Crippen LogP contribution in [0, 0.1) is 12.8 Å².